The van der Waals surface area contributed by atoms with Crippen LogP contribution >= 0.6 is 0 Å². The smallest absolute Gasteiger partial charge is 0.150 e. The van der Waals surface area contributed by atoms with Crippen molar-refractivity contribution in [1.82, 2.24) is 4.98 Å². The fourth-order valence-electron chi connectivity index (χ4n) is 2.19. The van der Waals surface area contributed by atoms with E-state index in [0.29, 0.717) is 23.3 Å². The monoisotopic (exact) mass is 263 g/mol. The molecule has 0 saturated carbocycles. The number of nitrogens with zero attached hydrogens (tertiary/aromatic N) is 1. The molecule has 0 saturated heterocycles. The Morgan fingerprint density at radius 2 is 2.21 bits per heavy atom. The summed E-state index contributed by atoms with van der Waals surface area (Å²) >= 11 is 0. The normalized spacial score (nSPS) is 14.3. The number of nitrogens with two attached hydrogens (primary N) is 1. The second-order valence-corrected chi connectivity index (χ2v) is 4.85. The van der Waals surface area contributed by atoms with Crippen molar-refractivity contribution in [1.29, 1.82) is 0 Å². The Morgan fingerprint density at radius 3 is 2.89 bits per heavy atom. The van der Waals surface area contributed by atoms with E-state index < -0.39 is 11.9 Å². The summed E-state index contributed by atoms with van der Waals surface area (Å²) in [6.45, 7) is 3.59. The lowest BCUT2D eigenvalue weighted by molar-refractivity contribution is 0.179. The van der Waals surface area contributed by atoms with Crippen molar-refractivity contribution in [2.24, 2.45) is 0 Å². The molecule has 1 heterocycles. The minimum absolute atomic E-state index is 0.0664. The number of anilines is 2. The van der Waals surface area contributed by atoms with Gasteiger partial charge in [0.05, 0.1) is 17.3 Å². The van der Waals surface area contributed by atoms with E-state index in [1.54, 1.807) is 19.2 Å². The number of halogens is 1. The molecule has 19 heavy (non-hydrogen) atoms. The third-order valence-electron chi connectivity index (χ3n) is 2.96. The van der Waals surface area contributed by atoms with Crippen molar-refractivity contribution in [2.45, 2.75) is 32.4 Å². The zero-order valence-corrected chi connectivity index (χ0v) is 11.0. The molecular formula is C14H18FN3O. The molecule has 2 unspecified atom stereocenters. The highest BCUT2D eigenvalue weighted by atomic mass is 19.1. The first-order valence-electron chi connectivity index (χ1n) is 6.26. The number of rotatable bonds is 4. The lowest BCUT2D eigenvalue weighted by Gasteiger charge is -2.18. The summed E-state index contributed by atoms with van der Waals surface area (Å²) in [5.41, 5.74) is 7.00. The van der Waals surface area contributed by atoms with Crippen LogP contribution in [0.15, 0.2) is 24.4 Å². The number of aliphatic hydroxyl groups is 1. The Balaban J connectivity index is 2.42. The van der Waals surface area contributed by atoms with Crippen LogP contribution in [-0.4, -0.2) is 22.2 Å². The molecule has 0 spiro atoms. The topological polar surface area (TPSA) is 71.2 Å². The highest BCUT2D eigenvalue weighted by Crippen LogP contribution is 2.30. The zero-order chi connectivity index (χ0) is 14.0. The number of aromatic nitrogens is 1. The first-order chi connectivity index (χ1) is 8.99. The van der Waals surface area contributed by atoms with Gasteiger partial charge in [0, 0.05) is 23.3 Å². The molecule has 2 aromatic rings. The molecule has 0 aliphatic heterocycles. The van der Waals surface area contributed by atoms with Crippen molar-refractivity contribution in [2.75, 3.05) is 11.1 Å². The largest absolute Gasteiger partial charge is 0.398 e. The summed E-state index contributed by atoms with van der Waals surface area (Å²) in [5, 5.41) is 13.1. The second kappa shape index (κ2) is 5.40. The van der Waals surface area contributed by atoms with Gasteiger partial charge >= 0.3 is 0 Å². The standard InChI is InChI=1S/C14H18FN3O/c1-8(6-9(2)19)18-14-11(15)7-12(16)10-4-3-5-17-13(10)14/h3-5,7-9,18-19H,6,16H2,1-2H3. The molecule has 0 bridgehead atoms. The minimum Gasteiger partial charge on any atom is -0.398 e. The van der Waals surface area contributed by atoms with Crippen LogP contribution in [0.25, 0.3) is 10.9 Å². The first-order valence-corrected chi connectivity index (χ1v) is 6.26. The maximum absolute atomic E-state index is 14.0. The van der Waals surface area contributed by atoms with Gasteiger partial charge in [-0.3, -0.25) is 4.98 Å². The maximum Gasteiger partial charge on any atom is 0.150 e. The molecular weight excluding hydrogens is 245 g/mol. The van der Waals surface area contributed by atoms with Gasteiger partial charge in [-0.05, 0) is 38.5 Å². The first kappa shape index (κ1) is 13.5. The van der Waals surface area contributed by atoms with E-state index in [1.165, 1.54) is 6.07 Å². The van der Waals surface area contributed by atoms with Gasteiger partial charge in [-0.1, -0.05) is 0 Å². The summed E-state index contributed by atoms with van der Waals surface area (Å²) in [4.78, 5) is 4.19. The highest BCUT2D eigenvalue weighted by molar-refractivity contribution is 5.98. The van der Waals surface area contributed by atoms with E-state index in [0.717, 1.165) is 5.39 Å². The second-order valence-electron chi connectivity index (χ2n) is 4.85. The average Bonchev–Trinajstić information content (AvgIpc) is 2.33. The van der Waals surface area contributed by atoms with Crippen LogP contribution in [0.4, 0.5) is 15.8 Å². The average molecular weight is 263 g/mol. The molecule has 1 aromatic carbocycles. The molecule has 0 aliphatic rings. The molecule has 0 fully saturated rings. The minimum atomic E-state index is -0.446. The third-order valence-corrected chi connectivity index (χ3v) is 2.96. The van der Waals surface area contributed by atoms with Crippen LogP contribution in [0.2, 0.25) is 0 Å². The maximum atomic E-state index is 14.0. The lowest BCUT2D eigenvalue weighted by atomic mass is 10.1. The van der Waals surface area contributed by atoms with E-state index in [9.17, 15) is 9.50 Å². The van der Waals surface area contributed by atoms with Crippen molar-refractivity contribution in [3.63, 3.8) is 0 Å². The highest BCUT2D eigenvalue weighted by Gasteiger charge is 2.14. The number of nitrogens with one attached hydrogen (secondary N) is 1. The molecule has 0 aliphatic carbocycles. The fraction of sp³-hybridized carbons (Fsp3) is 0.357. The van der Waals surface area contributed by atoms with Gasteiger partial charge in [-0.2, -0.15) is 0 Å². The number of nitrogen functional groups attached to an aromatic ring is 1. The lowest BCUT2D eigenvalue weighted by Crippen LogP contribution is -2.21. The van der Waals surface area contributed by atoms with Gasteiger partial charge in [0.2, 0.25) is 0 Å². The quantitative estimate of drug-likeness (QED) is 0.741. The zero-order valence-electron chi connectivity index (χ0n) is 11.0. The summed E-state index contributed by atoms with van der Waals surface area (Å²) in [7, 11) is 0. The predicted octanol–water partition coefficient (Wildman–Crippen LogP) is 2.53. The molecule has 2 atom stereocenters. The molecule has 102 valence electrons. The summed E-state index contributed by atoms with van der Waals surface area (Å²) in [5.74, 6) is -0.429. The Hall–Kier alpha value is -1.88. The van der Waals surface area contributed by atoms with Crippen LogP contribution in [0.5, 0.6) is 0 Å². The third kappa shape index (κ3) is 2.93. The van der Waals surface area contributed by atoms with Crippen molar-refractivity contribution >= 4 is 22.3 Å². The predicted molar refractivity (Wildman–Crippen MR) is 75.5 cm³/mol. The summed E-state index contributed by atoms with van der Waals surface area (Å²) in [6, 6.07) is 4.80. The number of fused-ring (bicyclic) bond motifs is 1. The van der Waals surface area contributed by atoms with E-state index in [4.69, 9.17) is 5.73 Å². The fourth-order valence-corrected chi connectivity index (χ4v) is 2.19. The van der Waals surface area contributed by atoms with Crippen LogP contribution in [0.3, 0.4) is 0 Å². The number of hydrogen-bond acceptors (Lipinski definition) is 4. The van der Waals surface area contributed by atoms with Crippen LogP contribution in [0, 0.1) is 5.82 Å². The van der Waals surface area contributed by atoms with Gasteiger partial charge in [-0.25, -0.2) is 4.39 Å². The summed E-state index contributed by atoms with van der Waals surface area (Å²) < 4.78 is 14.0. The molecule has 5 heteroatoms. The van der Waals surface area contributed by atoms with E-state index in [2.05, 4.69) is 10.3 Å². The molecule has 4 N–H and O–H groups in total. The Bertz CT molecular complexity index is 586. The number of hydrogen-bond donors (Lipinski definition) is 3. The summed E-state index contributed by atoms with van der Waals surface area (Å²) in [6.07, 6.45) is 1.68. The van der Waals surface area contributed by atoms with Gasteiger partial charge in [0.1, 0.15) is 0 Å². The van der Waals surface area contributed by atoms with Crippen LogP contribution in [0.1, 0.15) is 20.3 Å². The number of aliphatic hydroxyl groups excluding tert-OH is 1. The van der Waals surface area contributed by atoms with Gasteiger partial charge < -0.3 is 16.2 Å². The SMILES string of the molecule is CC(O)CC(C)Nc1c(F)cc(N)c2cccnc12. The number of pyridine rings is 1. The van der Waals surface area contributed by atoms with Crippen LogP contribution < -0.4 is 11.1 Å². The molecule has 4 nitrogen and oxygen atoms in total. The molecule has 0 radical (unpaired) electrons. The molecule has 0 amide bonds. The van der Waals surface area contributed by atoms with Gasteiger partial charge in [0.25, 0.3) is 0 Å². The van der Waals surface area contributed by atoms with E-state index in [-0.39, 0.29) is 6.04 Å². The van der Waals surface area contributed by atoms with Crippen molar-refractivity contribution in [3.8, 4) is 0 Å². The van der Waals surface area contributed by atoms with Crippen molar-refractivity contribution in [3.05, 3.63) is 30.2 Å². The number of benzene rings is 1. The van der Waals surface area contributed by atoms with E-state index >= 15 is 0 Å². The van der Waals surface area contributed by atoms with E-state index in [1.807, 2.05) is 13.0 Å². The van der Waals surface area contributed by atoms with Gasteiger partial charge in [-0.15, -0.1) is 0 Å². The Labute approximate surface area is 111 Å². The molecule has 1 aromatic heterocycles. The molecule has 2 rings (SSSR count). The van der Waals surface area contributed by atoms with Crippen LogP contribution in [-0.2, 0) is 0 Å². The Kier molecular flexibility index (Phi) is 3.85. The van der Waals surface area contributed by atoms with Gasteiger partial charge in [0.15, 0.2) is 5.82 Å². The van der Waals surface area contributed by atoms with Crippen molar-refractivity contribution < 1.29 is 9.50 Å². The Morgan fingerprint density at radius 1 is 1.47 bits per heavy atom.